The molecule has 0 amide bonds. The van der Waals surface area contributed by atoms with E-state index in [-0.39, 0.29) is 0 Å². The highest BCUT2D eigenvalue weighted by Gasteiger charge is 2.23. The molecule has 0 radical (unpaired) electrons. The van der Waals surface area contributed by atoms with E-state index in [1.165, 1.54) is 18.4 Å². The summed E-state index contributed by atoms with van der Waals surface area (Å²) in [6.45, 7) is 8.77. The number of nitrogens with zero attached hydrogens (tertiary/aromatic N) is 3. The lowest BCUT2D eigenvalue weighted by Crippen LogP contribution is -2.39. The molecule has 26 heavy (non-hydrogen) atoms. The molecule has 1 atom stereocenters. The first kappa shape index (κ1) is 19.1. The second-order valence-corrected chi connectivity index (χ2v) is 7.13. The van der Waals surface area contributed by atoms with E-state index >= 15 is 0 Å². The van der Waals surface area contributed by atoms with Crippen LogP contribution in [0.15, 0.2) is 35.3 Å². The van der Waals surface area contributed by atoms with Crippen LogP contribution in [0.1, 0.15) is 30.9 Å². The molecule has 0 spiro atoms. The first-order valence-electron chi connectivity index (χ1n) is 9.96. The molecule has 3 N–H and O–H groups in total. The Morgan fingerprint density at radius 1 is 1.12 bits per heavy atom. The fourth-order valence-electron chi connectivity index (χ4n) is 3.74. The van der Waals surface area contributed by atoms with Crippen LogP contribution in [-0.2, 0) is 4.74 Å². The predicted molar refractivity (Wildman–Crippen MR) is 106 cm³/mol. The van der Waals surface area contributed by atoms with Gasteiger partial charge in [-0.3, -0.25) is 14.8 Å². The molecule has 2 aliphatic rings. The minimum absolute atomic E-state index is 0.326. The van der Waals surface area contributed by atoms with Crippen molar-refractivity contribution in [2.24, 2.45) is 10.7 Å². The predicted octanol–water partition coefficient (Wildman–Crippen LogP) is 1.45. The monoisotopic (exact) mass is 359 g/mol. The van der Waals surface area contributed by atoms with Gasteiger partial charge in [-0.15, -0.1) is 0 Å². The number of likely N-dealkylation sites (tertiary alicyclic amines) is 1. The summed E-state index contributed by atoms with van der Waals surface area (Å²) in [5.74, 6) is 0.562. The number of guanidine groups is 1. The third-order valence-corrected chi connectivity index (χ3v) is 5.26. The number of morpholine rings is 1. The van der Waals surface area contributed by atoms with Crippen molar-refractivity contribution in [2.45, 2.75) is 25.3 Å². The molecule has 1 unspecified atom stereocenters. The van der Waals surface area contributed by atoms with Gasteiger partial charge in [-0.1, -0.05) is 30.3 Å². The molecule has 144 valence electrons. The largest absolute Gasteiger partial charge is 0.379 e. The highest BCUT2D eigenvalue weighted by molar-refractivity contribution is 5.77. The third-order valence-electron chi connectivity index (χ3n) is 5.26. The molecule has 0 aromatic heterocycles. The van der Waals surface area contributed by atoms with Gasteiger partial charge in [0.25, 0.3) is 0 Å². The average molecular weight is 360 g/mol. The molecular weight excluding hydrogens is 326 g/mol. The quantitative estimate of drug-likeness (QED) is 0.418. The minimum atomic E-state index is 0.326. The summed E-state index contributed by atoms with van der Waals surface area (Å²) in [5.41, 5.74) is 7.44. The van der Waals surface area contributed by atoms with E-state index in [1.807, 2.05) is 0 Å². The van der Waals surface area contributed by atoms with Crippen LogP contribution in [0.5, 0.6) is 0 Å². The summed E-state index contributed by atoms with van der Waals surface area (Å²) >= 11 is 0. The van der Waals surface area contributed by atoms with E-state index in [0.29, 0.717) is 18.5 Å². The summed E-state index contributed by atoms with van der Waals surface area (Å²) in [6.07, 6.45) is 3.63. The molecule has 2 fully saturated rings. The maximum atomic E-state index is 6.10. The van der Waals surface area contributed by atoms with Crippen LogP contribution < -0.4 is 11.1 Å². The van der Waals surface area contributed by atoms with Crippen LogP contribution in [0.2, 0.25) is 0 Å². The van der Waals surface area contributed by atoms with Gasteiger partial charge in [-0.2, -0.15) is 0 Å². The van der Waals surface area contributed by atoms with Gasteiger partial charge < -0.3 is 15.8 Å². The Bertz CT molecular complexity index is 538. The van der Waals surface area contributed by atoms with Crippen molar-refractivity contribution in [1.29, 1.82) is 0 Å². The number of hydrogen-bond donors (Lipinski definition) is 2. The van der Waals surface area contributed by atoms with Gasteiger partial charge in [0.15, 0.2) is 5.96 Å². The maximum absolute atomic E-state index is 6.10. The van der Waals surface area contributed by atoms with Gasteiger partial charge in [0.05, 0.1) is 25.8 Å². The van der Waals surface area contributed by atoms with Crippen molar-refractivity contribution < 1.29 is 4.74 Å². The van der Waals surface area contributed by atoms with Crippen LogP contribution in [0, 0.1) is 0 Å². The summed E-state index contributed by atoms with van der Waals surface area (Å²) in [4.78, 5) is 9.61. The van der Waals surface area contributed by atoms with Crippen molar-refractivity contribution in [1.82, 2.24) is 15.1 Å². The van der Waals surface area contributed by atoms with E-state index in [0.717, 1.165) is 58.9 Å². The average Bonchev–Trinajstić information content (AvgIpc) is 3.22. The summed E-state index contributed by atoms with van der Waals surface area (Å²) in [5, 5.41) is 3.27. The number of nitrogens with two attached hydrogens (primary N) is 1. The molecule has 6 nitrogen and oxygen atoms in total. The van der Waals surface area contributed by atoms with E-state index in [4.69, 9.17) is 10.5 Å². The number of hydrogen-bond acceptors (Lipinski definition) is 4. The minimum Gasteiger partial charge on any atom is -0.379 e. The summed E-state index contributed by atoms with van der Waals surface area (Å²) < 4.78 is 5.38. The molecule has 2 heterocycles. The lowest BCUT2D eigenvalue weighted by molar-refractivity contribution is 0.0376. The van der Waals surface area contributed by atoms with Crippen molar-refractivity contribution in [2.75, 3.05) is 59.0 Å². The molecule has 0 aliphatic carbocycles. The highest BCUT2D eigenvalue weighted by Crippen LogP contribution is 2.25. The lowest BCUT2D eigenvalue weighted by Gasteiger charge is -2.27. The topological polar surface area (TPSA) is 66.1 Å². The Balaban J connectivity index is 1.44. The third kappa shape index (κ3) is 5.97. The number of nitrogens with one attached hydrogen (secondary N) is 1. The molecular formula is C20H33N5O. The fourth-order valence-corrected chi connectivity index (χ4v) is 3.74. The molecule has 2 aliphatic heterocycles. The zero-order valence-corrected chi connectivity index (χ0v) is 15.8. The number of rotatable bonds is 8. The van der Waals surface area contributed by atoms with Crippen molar-refractivity contribution in [3.05, 3.63) is 35.9 Å². The maximum Gasteiger partial charge on any atom is 0.188 e. The van der Waals surface area contributed by atoms with E-state index in [9.17, 15) is 0 Å². The SMILES string of the molecule is NC(=NCC(c1ccccc1)N1CCCC1)NCCCN1CCOCC1. The molecule has 6 heteroatoms. The Labute approximate surface area is 157 Å². The van der Waals surface area contributed by atoms with E-state index in [1.54, 1.807) is 0 Å². The lowest BCUT2D eigenvalue weighted by atomic mass is 10.1. The van der Waals surface area contributed by atoms with Crippen LogP contribution in [0.3, 0.4) is 0 Å². The Hall–Kier alpha value is -1.63. The molecule has 1 aromatic rings. The smallest absolute Gasteiger partial charge is 0.188 e. The molecule has 0 bridgehead atoms. The van der Waals surface area contributed by atoms with Crippen molar-refractivity contribution in [3.63, 3.8) is 0 Å². The zero-order chi connectivity index (χ0) is 18.0. The normalized spacial score (nSPS) is 21.0. The Kier molecular flexibility index (Phi) is 7.73. The number of benzene rings is 1. The van der Waals surface area contributed by atoms with Crippen LogP contribution in [0.25, 0.3) is 0 Å². The first-order valence-corrected chi connectivity index (χ1v) is 9.96. The van der Waals surface area contributed by atoms with Gasteiger partial charge >= 0.3 is 0 Å². The second kappa shape index (κ2) is 10.5. The highest BCUT2D eigenvalue weighted by atomic mass is 16.5. The van der Waals surface area contributed by atoms with Gasteiger partial charge in [0.1, 0.15) is 0 Å². The summed E-state index contributed by atoms with van der Waals surface area (Å²) in [7, 11) is 0. The van der Waals surface area contributed by atoms with Crippen LogP contribution >= 0.6 is 0 Å². The van der Waals surface area contributed by atoms with E-state index < -0.39 is 0 Å². The van der Waals surface area contributed by atoms with E-state index in [2.05, 4.69) is 50.4 Å². The van der Waals surface area contributed by atoms with Crippen molar-refractivity contribution >= 4 is 5.96 Å². The molecule has 3 rings (SSSR count). The van der Waals surface area contributed by atoms with Crippen molar-refractivity contribution in [3.8, 4) is 0 Å². The van der Waals surface area contributed by atoms with Gasteiger partial charge in [-0.05, 0) is 44.5 Å². The van der Waals surface area contributed by atoms with Gasteiger partial charge in [0.2, 0.25) is 0 Å². The standard InChI is InChI=1S/C20H33N5O/c21-20(22-9-6-10-24-13-15-26-16-14-24)23-17-19(25-11-4-5-12-25)18-7-2-1-3-8-18/h1-3,7-8,19H,4-6,9-17H2,(H3,21,22,23). The van der Waals surface area contributed by atoms with Gasteiger partial charge in [0, 0.05) is 19.6 Å². The number of ether oxygens (including phenoxy) is 1. The first-order chi connectivity index (χ1) is 12.8. The second-order valence-electron chi connectivity index (χ2n) is 7.13. The molecule has 1 aromatic carbocycles. The zero-order valence-electron chi connectivity index (χ0n) is 15.8. The summed E-state index contributed by atoms with van der Waals surface area (Å²) in [6, 6.07) is 11.0. The van der Waals surface area contributed by atoms with Crippen LogP contribution in [0.4, 0.5) is 0 Å². The Morgan fingerprint density at radius 2 is 1.85 bits per heavy atom. The fraction of sp³-hybridized carbons (Fsp3) is 0.650. The molecule has 2 saturated heterocycles. The molecule has 0 saturated carbocycles. The number of aliphatic imine (C=N–C) groups is 1. The Morgan fingerprint density at radius 3 is 2.58 bits per heavy atom. The van der Waals surface area contributed by atoms with Crippen LogP contribution in [-0.4, -0.2) is 74.8 Å². The van der Waals surface area contributed by atoms with Gasteiger partial charge in [-0.25, -0.2) is 0 Å².